The topological polar surface area (TPSA) is 210 Å². The number of methoxy groups -OCH3 is 1. The fraction of sp³-hybridized carbons (Fsp3) is 0.473. The van der Waals surface area contributed by atoms with Gasteiger partial charge in [-0.05, 0) is 116 Å². The Morgan fingerprint density at radius 2 is 1.58 bits per heavy atom. The zero-order valence-electron chi connectivity index (χ0n) is 43.3. The van der Waals surface area contributed by atoms with Gasteiger partial charge in [0.1, 0.15) is 17.8 Å². The van der Waals surface area contributed by atoms with Gasteiger partial charge in [-0.2, -0.15) is 18.4 Å². The number of thioether (sulfide) groups is 1. The molecule has 16 nitrogen and oxygen atoms in total. The van der Waals surface area contributed by atoms with E-state index in [1.165, 1.54) is 47.3 Å². The van der Waals surface area contributed by atoms with Crippen molar-refractivity contribution in [1.29, 1.82) is 5.26 Å². The van der Waals surface area contributed by atoms with Crippen LogP contribution in [0.5, 0.6) is 17.2 Å². The molecule has 0 radical (unpaired) electrons. The number of benzene rings is 3. The van der Waals surface area contributed by atoms with Crippen molar-refractivity contribution in [2.24, 2.45) is 5.41 Å². The molecular formula is C55H65F3N6O10S2. The lowest BCUT2D eigenvalue weighted by molar-refractivity contribution is -0.144. The molecule has 4 aromatic rings. The van der Waals surface area contributed by atoms with Crippen LogP contribution in [0.4, 0.5) is 18.0 Å². The summed E-state index contributed by atoms with van der Waals surface area (Å²) in [5.41, 5.74) is 3.20. The Morgan fingerprint density at radius 1 is 0.908 bits per heavy atom. The number of nitrogens with zero attached hydrogens (tertiary/aromatic N) is 4. The molecule has 3 heterocycles. The number of hydrogen-bond acceptors (Lipinski definition) is 14. The summed E-state index contributed by atoms with van der Waals surface area (Å²) >= 11 is 2.35. The van der Waals surface area contributed by atoms with Gasteiger partial charge in [0.15, 0.2) is 11.5 Å². The first-order valence-electron chi connectivity index (χ1n) is 25.2. The van der Waals surface area contributed by atoms with Crippen LogP contribution in [0.15, 0.2) is 71.1 Å². The van der Waals surface area contributed by atoms with Crippen LogP contribution in [0.2, 0.25) is 0 Å². The fourth-order valence-electron chi connectivity index (χ4n) is 8.50. The first kappa shape index (κ1) is 58.9. The molecule has 0 saturated carbocycles. The molecule has 21 heteroatoms. The van der Waals surface area contributed by atoms with Crippen molar-refractivity contribution in [2.45, 2.75) is 116 Å². The molecule has 76 heavy (non-hydrogen) atoms. The number of halogens is 3. The van der Waals surface area contributed by atoms with Crippen molar-refractivity contribution in [3.8, 4) is 33.8 Å². The number of thiazole rings is 1. The van der Waals surface area contributed by atoms with E-state index < -0.39 is 58.1 Å². The van der Waals surface area contributed by atoms with E-state index in [0.717, 1.165) is 65.2 Å². The molecule has 3 aromatic carbocycles. The molecule has 0 bridgehead atoms. The van der Waals surface area contributed by atoms with Crippen LogP contribution < -0.4 is 20.1 Å². The highest BCUT2D eigenvalue weighted by molar-refractivity contribution is 8.18. The number of unbranched alkanes of at least 4 members (excludes halogenated alkanes) is 4. The fourth-order valence-corrected chi connectivity index (χ4v) is 10.2. The van der Waals surface area contributed by atoms with Crippen molar-refractivity contribution < 1.29 is 61.2 Å². The number of nitriles is 1. The molecule has 408 valence electrons. The largest absolute Gasteiger partial charge is 0.493 e. The average Bonchev–Trinajstić information content (AvgIpc) is 4.08. The van der Waals surface area contributed by atoms with Crippen LogP contribution in [0.25, 0.3) is 16.5 Å². The minimum Gasteiger partial charge on any atom is -0.493 e. The summed E-state index contributed by atoms with van der Waals surface area (Å²) in [6, 6.07) is 15.1. The summed E-state index contributed by atoms with van der Waals surface area (Å²) in [4.78, 5) is 74.5. The van der Waals surface area contributed by atoms with Crippen molar-refractivity contribution in [3.05, 3.63) is 99.0 Å². The number of ether oxygens (including phenoxy) is 4. The number of rotatable bonds is 26. The Kier molecular flexibility index (Phi) is 21.4. The van der Waals surface area contributed by atoms with Gasteiger partial charge in [-0.3, -0.25) is 28.9 Å². The molecule has 0 spiro atoms. The third kappa shape index (κ3) is 16.6. The summed E-state index contributed by atoms with van der Waals surface area (Å²) < 4.78 is 63.5. The second kappa shape index (κ2) is 27.6. The Bertz CT molecular complexity index is 2740. The lowest BCUT2D eigenvalue weighted by atomic mass is 9.85. The summed E-state index contributed by atoms with van der Waals surface area (Å²) in [7, 11) is 1.31. The first-order chi connectivity index (χ1) is 36.3. The molecule has 3 N–H and O–H groups in total. The van der Waals surface area contributed by atoms with E-state index in [-0.39, 0.29) is 66.3 Å². The number of imide groups is 1. The Morgan fingerprint density at radius 3 is 2.21 bits per heavy atom. The second-order valence-electron chi connectivity index (χ2n) is 19.6. The number of β-amino-alcohol motifs (C(OH)–C–C–N with tert-alkyl or cyclic N) is 1. The van der Waals surface area contributed by atoms with Gasteiger partial charge in [0, 0.05) is 58.9 Å². The highest BCUT2D eigenvalue weighted by Crippen LogP contribution is 2.42. The molecule has 3 atom stereocenters. The minimum absolute atomic E-state index is 0.00218. The predicted molar refractivity (Wildman–Crippen MR) is 282 cm³/mol. The van der Waals surface area contributed by atoms with Crippen molar-refractivity contribution in [1.82, 2.24) is 25.4 Å². The van der Waals surface area contributed by atoms with Crippen molar-refractivity contribution in [2.75, 3.05) is 46.6 Å². The minimum atomic E-state index is -4.78. The third-order valence-electron chi connectivity index (χ3n) is 12.6. The number of aryl methyl sites for hydroxylation is 1. The van der Waals surface area contributed by atoms with E-state index in [9.17, 15) is 42.3 Å². The highest BCUT2D eigenvalue weighted by atomic mass is 32.2. The van der Waals surface area contributed by atoms with E-state index in [2.05, 4.69) is 15.6 Å². The SMILES string of the molecule is COc1cc(/C=C2\SC(=O)N(CCCCOCCCCOCCCCCC(=O)N[C@H](C(=O)N3C[C@H](O)C[C@H]3C(=O)NCc3ccc(-c4scnc4C)cc3)C(C)(C)C)C2=O)ccc1Oc1ccc(C#N)cc1C(F)(F)F. The number of aromatic nitrogens is 1. The molecule has 6 rings (SSSR count). The normalized spacial score (nSPS) is 16.8. The molecule has 1 aromatic heterocycles. The number of hydrogen-bond donors (Lipinski definition) is 3. The van der Waals surface area contributed by atoms with Gasteiger partial charge in [0.05, 0.1) is 51.4 Å². The highest BCUT2D eigenvalue weighted by Gasteiger charge is 2.44. The number of amides is 5. The first-order valence-corrected chi connectivity index (χ1v) is 26.9. The summed E-state index contributed by atoms with van der Waals surface area (Å²) in [6.07, 6.45) is 1.07. The number of carbonyl (C=O) groups is 5. The summed E-state index contributed by atoms with van der Waals surface area (Å²) in [5.74, 6) is -1.93. The number of likely N-dealkylation sites (tertiary alicyclic amines) is 1. The van der Waals surface area contributed by atoms with Crippen LogP contribution >= 0.6 is 23.1 Å². The molecule has 2 fully saturated rings. The number of carbonyl (C=O) groups excluding carboxylic acids is 5. The van der Waals surface area contributed by atoms with E-state index >= 15 is 0 Å². The van der Waals surface area contributed by atoms with E-state index in [0.29, 0.717) is 57.3 Å². The second-order valence-corrected chi connectivity index (χ2v) is 21.4. The van der Waals surface area contributed by atoms with Crippen LogP contribution in [0.1, 0.15) is 107 Å². The predicted octanol–water partition coefficient (Wildman–Crippen LogP) is 9.81. The average molecular weight is 1090 g/mol. The Labute approximate surface area is 449 Å². The Balaban J connectivity index is 0.808. The molecular weight excluding hydrogens is 1030 g/mol. The number of nitrogens with one attached hydrogen (secondary N) is 2. The van der Waals surface area contributed by atoms with Gasteiger partial charge in [-0.25, -0.2) is 4.98 Å². The molecule has 2 aliphatic heterocycles. The van der Waals surface area contributed by atoms with Crippen LogP contribution in [0.3, 0.4) is 0 Å². The molecule has 2 aliphatic rings. The maximum Gasteiger partial charge on any atom is 0.420 e. The number of aliphatic hydroxyl groups excluding tert-OH is 1. The van der Waals surface area contributed by atoms with E-state index in [4.69, 9.17) is 24.2 Å². The molecule has 2 saturated heterocycles. The van der Waals surface area contributed by atoms with Crippen molar-refractivity contribution in [3.63, 3.8) is 0 Å². The van der Waals surface area contributed by atoms with Gasteiger partial charge >= 0.3 is 6.18 Å². The van der Waals surface area contributed by atoms with Crippen LogP contribution in [-0.4, -0.2) is 114 Å². The smallest absolute Gasteiger partial charge is 0.420 e. The van der Waals surface area contributed by atoms with Crippen LogP contribution in [-0.2, 0) is 41.4 Å². The maximum atomic E-state index is 14.0. The monoisotopic (exact) mass is 1090 g/mol. The van der Waals surface area contributed by atoms with E-state index in [1.54, 1.807) is 22.9 Å². The quantitative estimate of drug-likeness (QED) is 0.0396. The van der Waals surface area contributed by atoms with Gasteiger partial charge < -0.3 is 39.6 Å². The van der Waals surface area contributed by atoms with Gasteiger partial charge in [0.2, 0.25) is 17.7 Å². The van der Waals surface area contributed by atoms with Gasteiger partial charge in [0.25, 0.3) is 11.1 Å². The zero-order valence-corrected chi connectivity index (χ0v) is 45.0. The summed E-state index contributed by atoms with van der Waals surface area (Å²) in [5, 5.41) is 25.1. The van der Waals surface area contributed by atoms with Crippen LogP contribution in [0, 0.1) is 23.7 Å². The molecule has 0 unspecified atom stereocenters. The lowest BCUT2D eigenvalue weighted by Gasteiger charge is -2.35. The Hall–Kier alpha value is -6.31. The zero-order chi connectivity index (χ0) is 55.0. The standard InChI is InChI=1S/C55H65F3N6O10S2/c1-35-48(75-34-61-35)39-18-14-36(15-19-39)32-60-50(67)42-30-40(65)33-64(42)52(69)49(54(2,3)4)62-47(66)13-7-6-9-23-72-25-11-12-26-73-24-10-8-22-63-51(68)46(76-53(63)70)29-37-16-21-44(45(28-37)71-5)74-43-20-17-38(31-59)27-41(43)55(56,57)58/h14-21,27-29,34,40,42,49,65H,6-13,22-26,30,32-33H2,1-5H3,(H,60,67)(H,62,66)/b46-29-/t40-,42+,49-/m1/s1. The number of alkyl halides is 3. The third-order valence-corrected chi connectivity index (χ3v) is 14.5. The lowest BCUT2D eigenvalue weighted by Crippen LogP contribution is -2.57. The molecule has 0 aliphatic carbocycles. The summed E-state index contributed by atoms with van der Waals surface area (Å²) in [6.45, 7) is 10.1. The van der Waals surface area contributed by atoms with Gasteiger partial charge in [-0.15, -0.1) is 11.3 Å². The maximum absolute atomic E-state index is 14.0. The number of aliphatic hydroxyl groups is 1. The molecule has 5 amide bonds. The van der Waals surface area contributed by atoms with E-state index in [1.807, 2.05) is 52.0 Å². The van der Waals surface area contributed by atoms with Crippen molar-refractivity contribution >= 4 is 58.0 Å². The van der Waals surface area contributed by atoms with Gasteiger partial charge in [-0.1, -0.05) is 57.5 Å².